The van der Waals surface area contributed by atoms with Crippen molar-refractivity contribution in [3.05, 3.63) is 76.9 Å². The van der Waals surface area contributed by atoms with Crippen LogP contribution in [0.2, 0.25) is 0 Å². The molecule has 0 spiro atoms. The Morgan fingerprint density at radius 2 is 1.86 bits per heavy atom. The summed E-state index contributed by atoms with van der Waals surface area (Å²) in [4.78, 5) is 25.1. The maximum Gasteiger partial charge on any atom is 0.252 e. The van der Waals surface area contributed by atoms with E-state index in [1.807, 2.05) is 39.0 Å². The molecule has 0 unspecified atom stereocenters. The number of amides is 1. The van der Waals surface area contributed by atoms with E-state index in [2.05, 4.69) is 44.8 Å². The Bertz CT molecular complexity index is 1460. The van der Waals surface area contributed by atoms with Gasteiger partial charge < -0.3 is 20.0 Å². The van der Waals surface area contributed by atoms with Crippen LogP contribution >= 0.6 is 0 Å². The van der Waals surface area contributed by atoms with Gasteiger partial charge in [-0.25, -0.2) is 4.98 Å². The molecule has 2 aliphatic rings. The molecule has 2 aromatic carbocycles. The monoisotopic (exact) mass is 481 g/mol. The van der Waals surface area contributed by atoms with Crippen molar-refractivity contribution < 1.29 is 9.21 Å². The van der Waals surface area contributed by atoms with Gasteiger partial charge in [0, 0.05) is 61.0 Å². The van der Waals surface area contributed by atoms with Gasteiger partial charge in [0.1, 0.15) is 0 Å². The van der Waals surface area contributed by atoms with Crippen LogP contribution in [0, 0.1) is 20.8 Å². The number of carbonyl (C=O) groups is 1. The van der Waals surface area contributed by atoms with E-state index in [4.69, 9.17) is 9.40 Å². The summed E-state index contributed by atoms with van der Waals surface area (Å²) in [5.74, 6) is 1.30. The summed E-state index contributed by atoms with van der Waals surface area (Å²) in [7, 11) is 0. The van der Waals surface area contributed by atoms with Crippen LogP contribution < -0.4 is 15.5 Å². The minimum Gasteiger partial charge on any atom is -0.441 e. The first-order valence-electron chi connectivity index (χ1n) is 12.7. The summed E-state index contributed by atoms with van der Waals surface area (Å²) in [5.41, 5.74) is 6.25. The van der Waals surface area contributed by atoms with Crippen LogP contribution in [0.25, 0.3) is 22.2 Å². The molecular formula is C29H31N5O2. The number of pyridine rings is 1. The summed E-state index contributed by atoms with van der Waals surface area (Å²) in [6.07, 6.45) is 3.52. The zero-order chi connectivity index (χ0) is 24.9. The highest BCUT2D eigenvalue weighted by atomic mass is 16.4. The average Bonchev–Trinajstić information content (AvgIpc) is 3.53. The van der Waals surface area contributed by atoms with Gasteiger partial charge in [-0.1, -0.05) is 12.1 Å². The van der Waals surface area contributed by atoms with E-state index in [-0.39, 0.29) is 5.91 Å². The van der Waals surface area contributed by atoms with E-state index >= 15 is 0 Å². The fourth-order valence-electron chi connectivity index (χ4n) is 5.22. The third-order valence-corrected chi connectivity index (χ3v) is 7.42. The van der Waals surface area contributed by atoms with Gasteiger partial charge in [-0.3, -0.25) is 9.78 Å². The molecule has 0 bridgehead atoms. The number of anilines is 1. The van der Waals surface area contributed by atoms with Crippen molar-refractivity contribution in [2.24, 2.45) is 0 Å². The minimum atomic E-state index is -0.422. The first-order valence-corrected chi connectivity index (χ1v) is 12.7. The summed E-state index contributed by atoms with van der Waals surface area (Å²) >= 11 is 0. The maximum atomic E-state index is 13.7. The number of benzene rings is 2. The number of aryl methyl sites for hydroxylation is 3. The van der Waals surface area contributed by atoms with Crippen molar-refractivity contribution in [2.45, 2.75) is 39.2 Å². The molecule has 3 heterocycles. The van der Waals surface area contributed by atoms with E-state index in [0.29, 0.717) is 11.7 Å². The number of fused-ring (bicyclic) bond motifs is 1. The summed E-state index contributed by atoms with van der Waals surface area (Å²) in [5, 5.41) is 7.87. The van der Waals surface area contributed by atoms with Crippen LogP contribution in [0.15, 0.2) is 53.1 Å². The van der Waals surface area contributed by atoms with Crippen LogP contribution in [-0.2, 0) is 5.54 Å². The van der Waals surface area contributed by atoms with Crippen LogP contribution in [0.5, 0.6) is 0 Å². The third-order valence-electron chi connectivity index (χ3n) is 7.42. The van der Waals surface area contributed by atoms with Crippen molar-refractivity contribution >= 4 is 22.5 Å². The van der Waals surface area contributed by atoms with E-state index < -0.39 is 5.54 Å². The van der Waals surface area contributed by atoms with Gasteiger partial charge in [-0.05, 0) is 68.1 Å². The number of hydrogen-bond donors (Lipinski definition) is 2. The summed E-state index contributed by atoms with van der Waals surface area (Å²) in [6, 6.07) is 14.5. The average molecular weight is 482 g/mol. The van der Waals surface area contributed by atoms with Crippen molar-refractivity contribution in [1.82, 2.24) is 20.6 Å². The lowest BCUT2D eigenvalue weighted by molar-refractivity contribution is 0.0930. The fourth-order valence-corrected chi connectivity index (χ4v) is 5.22. The lowest BCUT2D eigenvalue weighted by atomic mass is 9.95. The molecule has 2 N–H and O–H groups in total. The molecular weight excluding hydrogens is 450 g/mol. The second kappa shape index (κ2) is 8.75. The van der Waals surface area contributed by atoms with Gasteiger partial charge in [-0.15, -0.1) is 0 Å². The highest BCUT2D eigenvalue weighted by Crippen LogP contribution is 2.49. The largest absolute Gasteiger partial charge is 0.441 e. The topological polar surface area (TPSA) is 83.3 Å². The molecule has 184 valence electrons. The minimum absolute atomic E-state index is 0.0314. The molecule has 1 saturated heterocycles. The zero-order valence-electron chi connectivity index (χ0n) is 21.0. The second-order valence-electron chi connectivity index (χ2n) is 10.1. The van der Waals surface area contributed by atoms with Crippen molar-refractivity contribution in [2.75, 3.05) is 31.1 Å². The number of rotatable bonds is 5. The lowest BCUT2D eigenvalue weighted by Gasteiger charge is -2.30. The molecule has 4 aromatic rings. The molecule has 2 fully saturated rings. The Hall–Kier alpha value is -3.71. The predicted octanol–water partition coefficient (Wildman–Crippen LogP) is 4.64. The number of piperazine rings is 1. The normalized spacial score (nSPS) is 16.8. The van der Waals surface area contributed by atoms with E-state index in [9.17, 15) is 4.79 Å². The molecule has 6 rings (SSSR count). The van der Waals surface area contributed by atoms with Crippen LogP contribution in [0.1, 0.15) is 45.9 Å². The standard InChI is InChI=1S/C29H31N5O2/c1-18-4-6-22(34-12-10-30-11-13-34)16-24(18)28(35)33-29(8-9-29)25-14-21(27-17-31-20(3)36-27)15-26-23(25)7-5-19(2)32-26/h4-7,14-17,30H,8-13H2,1-3H3,(H,33,35). The Kier molecular flexibility index (Phi) is 5.52. The molecule has 7 nitrogen and oxygen atoms in total. The number of nitrogens with zero attached hydrogens (tertiary/aromatic N) is 3. The number of oxazole rings is 1. The molecule has 1 amide bonds. The Morgan fingerprint density at radius 3 is 2.58 bits per heavy atom. The van der Waals surface area contributed by atoms with Gasteiger partial charge in [0.05, 0.1) is 17.3 Å². The molecule has 1 aliphatic heterocycles. The van der Waals surface area contributed by atoms with Gasteiger partial charge in [0.25, 0.3) is 5.91 Å². The van der Waals surface area contributed by atoms with Crippen LogP contribution in [-0.4, -0.2) is 42.1 Å². The molecule has 0 atom stereocenters. The molecule has 7 heteroatoms. The number of hydrogen-bond acceptors (Lipinski definition) is 6. The molecule has 1 aliphatic carbocycles. The van der Waals surface area contributed by atoms with Crippen LogP contribution in [0.4, 0.5) is 5.69 Å². The van der Waals surface area contributed by atoms with Gasteiger partial charge in [-0.2, -0.15) is 0 Å². The highest BCUT2D eigenvalue weighted by Gasteiger charge is 2.47. The van der Waals surface area contributed by atoms with E-state index in [1.54, 1.807) is 6.20 Å². The predicted molar refractivity (Wildman–Crippen MR) is 141 cm³/mol. The van der Waals surface area contributed by atoms with E-state index in [0.717, 1.165) is 83.6 Å². The fraction of sp³-hybridized carbons (Fsp3) is 0.345. The van der Waals surface area contributed by atoms with Gasteiger partial charge in [0.2, 0.25) is 0 Å². The Morgan fingerprint density at radius 1 is 1.06 bits per heavy atom. The van der Waals surface area contributed by atoms with Crippen molar-refractivity contribution in [3.63, 3.8) is 0 Å². The quantitative estimate of drug-likeness (QED) is 0.432. The summed E-state index contributed by atoms with van der Waals surface area (Å²) < 4.78 is 5.84. The van der Waals surface area contributed by atoms with Gasteiger partial charge >= 0.3 is 0 Å². The van der Waals surface area contributed by atoms with Crippen molar-refractivity contribution in [3.8, 4) is 11.3 Å². The zero-order valence-corrected chi connectivity index (χ0v) is 21.0. The van der Waals surface area contributed by atoms with Crippen LogP contribution in [0.3, 0.4) is 0 Å². The number of carbonyl (C=O) groups excluding carboxylic acids is 1. The third kappa shape index (κ3) is 4.13. The second-order valence-corrected chi connectivity index (χ2v) is 10.1. The van der Waals surface area contributed by atoms with Gasteiger partial charge in [0.15, 0.2) is 11.7 Å². The maximum absolute atomic E-state index is 13.7. The smallest absolute Gasteiger partial charge is 0.252 e. The Balaban J connectivity index is 1.37. The molecule has 0 radical (unpaired) electrons. The van der Waals surface area contributed by atoms with Crippen molar-refractivity contribution in [1.29, 1.82) is 0 Å². The first-order chi connectivity index (χ1) is 17.4. The molecule has 36 heavy (non-hydrogen) atoms. The SMILES string of the molecule is Cc1ccc2c(C3(NC(=O)c4cc(N5CCNCC5)ccc4C)CC3)cc(-c3cnc(C)o3)cc2n1. The Labute approximate surface area is 210 Å². The number of aromatic nitrogens is 2. The highest BCUT2D eigenvalue weighted by molar-refractivity contribution is 5.98. The molecule has 2 aromatic heterocycles. The van der Waals surface area contributed by atoms with E-state index in [1.165, 1.54) is 0 Å². The number of nitrogens with one attached hydrogen (secondary N) is 2. The lowest BCUT2D eigenvalue weighted by Crippen LogP contribution is -2.43. The molecule has 1 saturated carbocycles. The summed E-state index contributed by atoms with van der Waals surface area (Å²) in [6.45, 7) is 9.65. The first kappa shape index (κ1) is 22.7.